The van der Waals surface area contributed by atoms with E-state index >= 15 is 0 Å². The van der Waals surface area contributed by atoms with Crippen LogP contribution in [0.3, 0.4) is 0 Å². The van der Waals surface area contributed by atoms with Gasteiger partial charge in [-0.3, -0.25) is 0 Å². The third-order valence-corrected chi connectivity index (χ3v) is 2.91. The average Bonchev–Trinajstić information content (AvgIpc) is 2.86. The summed E-state index contributed by atoms with van der Waals surface area (Å²) in [6.45, 7) is 0.215. The van der Waals surface area contributed by atoms with Crippen LogP contribution in [0.5, 0.6) is 17.2 Å². The summed E-state index contributed by atoms with van der Waals surface area (Å²) in [7, 11) is 1.60. The predicted octanol–water partition coefficient (Wildman–Crippen LogP) is 1.28. The van der Waals surface area contributed by atoms with E-state index in [2.05, 4.69) is 10.2 Å². The lowest BCUT2D eigenvalue weighted by Crippen LogP contribution is -2.17. The molecule has 1 aromatic carbocycles. The molecule has 94 valence electrons. The first kappa shape index (κ1) is 10.9. The minimum atomic E-state index is 0.215. The Labute approximate surface area is 104 Å². The second-order valence-corrected chi connectivity index (χ2v) is 4.05. The molecule has 2 heterocycles. The van der Waals surface area contributed by atoms with Crippen LogP contribution in [0.1, 0.15) is 18.4 Å². The number of rotatable bonds is 2. The van der Waals surface area contributed by atoms with E-state index in [1.54, 1.807) is 7.11 Å². The predicted molar refractivity (Wildman–Crippen MR) is 66.5 cm³/mol. The molecule has 0 atom stereocenters. The highest BCUT2D eigenvalue weighted by atomic mass is 16.7. The molecule has 0 spiro atoms. The Bertz CT molecular complexity index is 552. The van der Waals surface area contributed by atoms with Gasteiger partial charge in [0.15, 0.2) is 11.5 Å². The van der Waals surface area contributed by atoms with Crippen molar-refractivity contribution >= 4 is 11.5 Å². The number of ether oxygens (including phenoxy) is 3. The first-order valence-electron chi connectivity index (χ1n) is 5.65. The molecule has 2 aliphatic heterocycles. The Kier molecular flexibility index (Phi) is 2.55. The monoisotopic (exact) mass is 247 g/mol. The molecule has 18 heavy (non-hydrogen) atoms. The van der Waals surface area contributed by atoms with Crippen LogP contribution in [0.4, 0.5) is 0 Å². The van der Waals surface area contributed by atoms with Crippen molar-refractivity contribution in [2.75, 3.05) is 13.9 Å². The zero-order valence-electron chi connectivity index (χ0n) is 9.97. The number of nitrogens with two attached hydrogens (primary N) is 1. The molecule has 0 radical (unpaired) electrons. The minimum Gasteiger partial charge on any atom is -0.493 e. The van der Waals surface area contributed by atoms with Gasteiger partial charge in [0.05, 0.1) is 12.8 Å². The van der Waals surface area contributed by atoms with Crippen LogP contribution in [-0.2, 0) is 0 Å². The molecule has 0 unspecified atom stereocenters. The van der Waals surface area contributed by atoms with Crippen LogP contribution in [0, 0.1) is 0 Å². The van der Waals surface area contributed by atoms with Gasteiger partial charge in [0, 0.05) is 12.0 Å². The first-order valence-corrected chi connectivity index (χ1v) is 5.65. The standard InChI is InChI=1S/C12H13N3O3/c1-16-9-4-7(5-10-12(9)18-6-17-10)8-2-3-11(13)15-14-8/h4-5H,2-3,6H2,1H3,(H2,13,15). The van der Waals surface area contributed by atoms with Gasteiger partial charge in [-0.15, -0.1) is 5.10 Å². The highest BCUT2D eigenvalue weighted by Gasteiger charge is 2.22. The van der Waals surface area contributed by atoms with Crippen LogP contribution < -0.4 is 19.9 Å². The van der Waals surface area contributed by atoms with Gasteiger partial charge in [0.2, 0.25) is 12.5 Å². The van der Waals surface area contributed by atoms with Crippen molar-refractivity contribution in [2.45, 2.75) is 12.8 Å². The first-order chi connectivity index (χ1) is 8.78. The number of hydrogen-bond acceptors (Lipinski definition) is 6. The largest absolute Gasteiger partial charge is 0.493 e. The zero-order valence-corrected chi connectivity index (χ0v) is 9.97. The summed E-state index contributed by atoms with van der Waals surface area (Å²) >= 11 is 0. The van der Waals surface area contributed by atoms with Crippen molar-refractivity contribution in [1.82, 2.24) is 0 Å². The van der Waals surface area contributed by atoms with Crippen LogP contribution in [-0.4, -0.2) is 25.5 Å². The van der Waals surface area contributed by atoms with Gasteiger partial charge >= 0.3 is 0 Å². The van der Waals surface area contributed by atoms with Crippen molar-refractivity contribution < 1.29 is 14.2 Å². The lowest BCUT2D eigenvalue weighted by Gasteiger charge is -2.12. The van der Waals surface area contributed by atoms with E-state index in [9.17, 15) is 0 Å². The SMILES string of the molecule is COc1cc(C2=NN=C(N)CC2)cc2c1OCO2. The molecule has 6 heteroatoms. The third kappa shape index (κ3) is 1.75. The lowest BCUT2D eigenvalue weighted by atomic mass is 10.0. The van der Waals surface area contributed by atoms with Gasteiger partial charge < -0.3 is 19.9 Å². The van der Waals surface area contributed by atoms with Crippen LogP contribution in [0.15, 0.2) is 22.3 Å². The number of nitrogens with zero attached hydrogens (tertiary/aromatic N) is 2. The molecule has 3 rings (SSSR count). The molecule has 0 aromatic heterocycles. The van der Waals surface area contributed by atoms with Gasteiger partial charge in [0.25, 0.3) is 0 Å². The number of hydrogen-bond donors (Lipinski definition) is 1. The van der Waals surface area contributed by atoms with Gasteiger partial charge in [-0.25, -0.2) is 0 Å². The summed E-state index contributed by atoms with van der Waals surface area (Å²) in [5.74, 6) is 2.52. The molecule has 0 saturated carbocycles. The molecule has 6 nitrogen and oxygen atoms in total. The van der Waals surface area contributed by atoms with E-state index in [1.165, 1.54) is 0 Å². The summed E-state index contributed by atoms with van der Waals surface area (Å²) in [4.78, 5) is 0. The molecule has 2 aliphatic rings. The highest BCUT2D eigenvalue weighted by Crippen LogP contribution is 2.42. The van der Waals surface area contributed by atoms with Gasteiger partial charge in [-0.05, 0) is 18.6 Å². The molecule has 0 saturated heterocycles. The van der Waals surface area contributed by atoms with E-state index in [1.807, 2.05) is 12.1 Å². The molecular weight excluding hydrogens is 234 g/mol. The van der Waals surface area contributed by atoms with Crippen molar-refractivity contribution in [3.63, 3.8) is 0 Å². The quantitative estimate of drug-likeness (QED) is 0.853. The molecule has 1 aromatic rings. The summed E-state index contributed by atoms with van der Waals surface area (Å²) in [6.07, 6.45) is 1.48. The summed E-state index contributed by atoms with van der Waals surface area (Å²) < 4.78 is 16.0. The van der Waals surface area contributed by atoms with E-state index < -0.39 is 0 Å². The smallest absolute Gasteiger partial charge is 0.231 e. The van der Waals surface area contributed by atoms with E-state index in [4.69, 9.17) is 19.9 Å². The maximum atomic E-state index is 5.59. The maximum Gasteiger partial charge on any atom is 0.231 e. The molecule has 0 bridgehead atoms. The fraction of sp³-hybridized carbons (Fsp3) is 0.333. The highest BCUT2D eigenvalue weighted by molar-refractivity contribution is 6.04. The second kappa shape index (κ2) is 4.21. The number of amidine groups is 1. The fourth-order valence-electron chi connectivity index (χ4n) is 1.97. The lowest BCUT2D eigenvalue weighted by molar-refractivity contribution is 0.171. The van der Waals surface area contributed by atoms with E-state index in [0.717, 1.165) is 24.1 Å². The van der Waals surface area contributed by atoms with Crippen molar-refractivity contribution in [2.24, 2.45) is 15.9 Å². The van der Waals surface area contributed by atoms with Crippen molar-refractivity contribution in [3.05, 3.63) is 17.7 Å². The molecule has 0 amide bonds. The molecular formula is C12H13N3O3. The number of benzene rings is 1. The second-order valence-electron chi connectivity index (χ2n) is 4.05. The zero-order chi connectivity index (χ0) is 12.5. The Morgan fingerprint density at radius 2 is 2.11 bits per heavy atom. The van der Waals surface area contributed by atoms with Crippen LogP contribution in [0.25, 0.3) is 0 Å². The molecule has 0 aliphatic carbocycles. The van der Waals surface area contributed by atoms with Crippen molar-refractivity contribution in [1.29, 1.82) is 0 Å². The number of fused-ring (bicyclic) bond motifs is 1. The van der Waals surface area contributed by atoms with Crippen LogP contribution in [0.2, 0.25) is 0 Å². The summed E-state index contributed by atoms with van der Waals surface area (Å²) in [5.41, 5.74) is 7.39. The Morgan fingerprint density at radius 1 is 1.22 bits per heavy atom. The topological polar surface area (TPSA) is 78.4 Å². The Morgan fingerprint density at radius 3 is 2.83 bits per heavy atom. The number of methoxy groups -OCH3 is 1. The molecule has 0 fully saturated rings. The summed E-state index contributed by atoms with van der Waals surface area (Å²) in [5, 5.41) is 8.02. The summed E-state index contributed by atoms with van der Waals surface area (Å²) in [6, 6.07) is 3.77. The van der Waals surface area contributed by atoms with Gasteiger partial charge in [-0.2, -0.15) is 5.10 Å². The van der Waals surface area contributed by atoms with Crippen LogP contribution >= 0.6 is 0 Å². The normalized spacial score (nSPS) is 17.2. The Balaban J connectivity index is 2.03. The van der Waals surface area contributed by atoms with Crippen molar-refractivity contribution in [3.8, 4) is 17.2 Å². The van der Waals surface area contributed by atoms with E-state index in [-0.39, 0.29) is 6.79 Å². The fourth-order valence-corrected chi connectivity index (χ4v) is 1.97. The minimum absolute atomic E-state index is 0.215. The molecule has 2 N–H and O–H groups in total. The average molecular weight is 247 g/mol. The van der Waals surface area contributed by atoms with Gasteiger partial charge in [0.1, 0.15) is 5.84 Å². The van der Waals surface area contributed by atoms with E-state index in [0.29, 0.717) is 23.1 Å². The Hall–Kier alpha value is -2.24. The maximum absolute atomic E-state index is 5.59. The third-order valence-electron chi connectivity index (χ3n) is 2.91. The van der Waals surface area contributed by atoms with Gasteiger partial charge in [-0.1, -0.05) is 0 Å².